The van der Waals surface area contributed by atoms with Gasteiger partial charge in [-0.25, -0.2) is 9.59 Å². The van der Waals surface area contributed by atoms with Gasteiger partial charge in [0.1, 0.15) is 11.3 Å². The van der Waals surface area contributed by atoms with Crippen LogP contribution < -0.4 is 5.32 Å². The number of nitrogens with zero attached hydrogens (tertiary/aromatic N) is 1. The molecule has 0 radical (unpaired) electrons. The standard InChI is InChI=1S/C14H18N2O4/c1-2-16(8-9-3-4-9)14(20)15-10-5-6-11(13(18)19)12(17)7-10/h5-7,9,17H,2-4,8H2,1H3,(H,15,20)(H,18,19). The number of carbonyl (C=O) groups is 2. The summed E-state index contributed by atoms with van der Waals surface area (Å²) in [5, 5.41) is 21.1. The number of hydrogen-bond donors (Lipinski definition) is 3. The highest BCUT2D eigenvalue weighted by molar-refractivity contribution is 5.93. The van der Waals surface area contributed by atoms with Crippen LogP contribution >= 0.6 is 0 Å². The molecule has 1 aromatic rings. The molecule has 1 saturated carbocycles. The van der Waals surface area contributed by atoms with Crippen molar-refractivity contribution in [3.8, 4) is 5.75 Å². The molecule has 108 valence electrons. The Morgan fingerprint density at radius 1 is 1.40 bits per heavy atom. The maximum atomic E-state index is 12.1. The van der Waals surface area contributed by atoms with Crippen LogP contribution in [-0.4, -0.2) is 40.2 Å². The third kappa shape index (κ3) is 3.40. The van der Waals surface area contributed by atoms with Gasteiger partial charge in [0.25, 0.3) is 0 Å². The lowest BCUT2D eigenvalue weighted by atomic mass is 10.2. The van der Waals surface area contributed by atoms with Crippen molar-refractivity contribution in [2.45, 2.75) is 19.8 Å². The molecule has 6 nitrogen and oxygen atoms in total. The van der Waals surface area contributed by atoms with Crippen LogP contribution in [0.3, 0.4) is 0 Å². The van der Waals surface area contributed by atoms with Crippen LogP contribution in [0.4, 0.5) is 10.5 Å². The first-order valence-corrected chi connectivity index (χ1v) is 6.63. The van der Waals surface area contributed by atoms with Gasteiger partial charge in [-0.3, -0.25) is 0 Å². The fraction of sp³-hybridized carbons (Fsp3) is 0.429. The van der Waals surface area contributed by atoms with Gasteiger partial charge in [-0.15, -0.1) is 0 Å². The highest BCUT2D eigenvalue weighted by Crippen LogP contribution is 2.30. The van der Waals surface area contributed by atoms with Gasteiger partial charge in [0.2, 0.25) is 0 Å². The first kappa shape index (κ1) is 14.2. The SMILES string of the molecule is CCN(CC1CC1)C(=O)Nc1ccc(C(=O)O)c(O)c1. The molecule has 1 fully saturated rings. The molecule has 2 amide bonds. The van der Waals surface area contributed by atoms with E-state index < -0.39 is 5.97 Å². The van der Waals surface area contributed by atoms with Crippen molar-refractivity contribution in [1.29, 1.82) is 0 Å². The second kappa shape index (κ2) is 5.81. The van der Waals surface area contributed by atoms with Crippen LogP contribution in [0.25, 0.3) is 0 Å². The van der Waals surface area contributed by atoms with Gasteiger partial charge in [0, 0.05) is 24.8 Å². The summed E-state index contributed by atoms with van der Waals surface area (Å²) in [5.41, 5.74) is 0.195. The van der Waals surface area contributed by atoms with Crippen LogP contribution in [0.15, 0.2) is 18.2 Å². The summed E-state index contributed by atoms with van der Waals surface area (Å²) < 4.78 is 0. The van der Waals surface area contributed by atoms with E-state index in [0.717, 1.165) is 19.4 Å². The van der Waals surface area contributed by atoms with Crippen molar-refractivity contribution >= 4 is 17.7 Å². The zero-order chi connectivity index (χ0) is 14.7. The second-order valence-corrected chi connectivity index (χ2v) is 4.95. The van der Waals surface area contributed by atoms with Gasteiger partial charge in [-0.05, 0) is 37.8 Å². The van der Waals surface area contributed by atoms with E-state index in [0.29, 0.717) is 18.2 Å². The maximum Gasteiger partial charge on any atom is 0.339 e. The van der Waals surface area contributed by atoms with Gasteiger partial charge in [-0.1, -0.05) is 0 Å². The number of urea groups is 1. The minimum Gasteiger partial charge on any atom is -0.507 e. The van der Waals surface area contributed by atoms with Crippen molar-refractivity contribution in [3.05, 3.63) is 23.8 Å². The Morgan fingerprint density at radius 2 is 2.10 bits per heavy atom. The third-order valence-electron chi connectivity index (χ3n) is 3.32. The van der Waals surface area contributed by atoms with E-state index in [2.05, 4.69) is 5.32 Å². The fourth-order valence-electron chi connectivity index (χ4n) is 1.96. The number of benzene rings is 1. The lowest BCUT2D eigenvalue weighted by molar-refractivity contribution is 0.0694. The second-order valence-electron chi connectivity index (χ2n) is 4.95. The summed E-state index contributed by atoms with van der Waals surface area (Å²) in [5.74, 6) is -0.965. The van der Waals surface area contributed by atoms with E-state index in [4.69, 9.17) is 5.11 Å². The minimum absolute atomic E-state index is 0.187. The Hall–Kier alpha value is -2.24. The summed E-state index contributed by atoms with van der Waals surface area (Å²) in [7, 11) is 0. The van der Waals surface area contributed by atoms with Crippen molar-refractivity contribution < 1.29 is 19.8 Å². The average molecular weight is 278 g/mol. The molecule has 0 aromatic heterocycles. The molecule has 0 saturated heterocycles. The minimum atomic E-state index is -1.20. The fourth-order valence-corrected chi connectivity index (χ4v) is 1.96. The summed E-state index contributed by atoms with van der Waals surface area (Å²) >= 11 is 0. The predicted molar refractivity (Wildman–Crippen MR) is 74.1 cm³/mol. The number of anilines is 1. The Balaban J connectivity index is 2.02. The zero-order valence-electron chi connectivity index (χ0n) is 11.3. The van der Waals surface area contributed by atoms with Crippen molar-refractivity contribution in [1.82, 2.24) is 4.90 Å². The molecular weight excluding hydrogens is 260 g/mol. The molecule has 1 aromatic carbocycles. The molecule has 2 rings (SSSR count). The smallest absolute Gasteiger partial charge is 0.339 e. The van der Waals surface area contributed by atoms with E-state index in [1.165, 1.54) is 18.2 Å². The lowest BCUT2D eigenvalue weighted by Crippen LogP contribution is -2.36. The zero-order valence-corrected chi connectivity index (χ0v) is 11.3. The number of amides is 2. The van der Waals surface area contributed by atoms with Crippen molar-refractivity contribution in [3.63, 3.8) is 0 Å². The monoisotopic (exact) mass is 278 g/mol. The van der Waals surface area contributed by atoms with E-state index in [1.54, 1.807) is 4.90 Å². The van der Waals surface area contributed by atoms with Crippen LogP contribution in [0.2, 0.25) is 0 Å². The number of aromatic hydroxyl groups is 1. The Bertz CT molecular complexity index is 526. The van der Waals surface area contributed by atoms with Gasteiger partial charge in [0.05, 0.1) is 0 Å². The number of aromatic carboxylic acids is 1. The lowest BCUT2D eigenvalue weighted by Gasteiger charge is -2.21. The quantitative estimate of drug-likeness (QED) is 0.771. The summed E-state index contributed by atoms with van der Waals surface area (Å²) in [6.45, 7) is 3.26. The van der Waals surface area contributed by atoms with E-state index in [9.17, 15) is 14.7 Å². The summed E-state index contributed by atoms with van der Waals surface area (Å²) in [6.07, 6.45) is 2.33. The molecule has 0 spiro atoms. The molecule has 3 N–H and O–H groups in total. The van der Waals surface area contributed by atoms with Gasteiger partial charge in [0.15, 0.2) is 0 Å². The summed E-state index contributed by atoms with van der Waals surface area (Å²) in [4.78, 5) is 24.5. The number of carbonyl (C=O) groups excluding carboxylic acids is 1. The van der Waals surface area contributed by atoms with Crippen molar-refractivity contribution in [2.75, 3.05) is 18.4 Å². The van der Waals surface area contributed by atoms with Gasteiger partial charge in [-0.2, -0.15) is 0 Å². The van der Waals surface area contributed by atoms with E-state index >= 15 is 0 Å². The number of carboxylic acid groups (broad SMARTS) is 1. The number of nitrogens with one attached hydrogen (secondary N) is 1. The number of rotatable bonds is 5. The molecule has 0 aliphatic heterocycles. The van der Waals surface area contributed by atoms with E-state index in [1.807, 2.05) is 6.92 Å². The highest BCUT2D eigenvalue weighted by atomic mass is 16.4. The van der Waals surface area contributed by atoms with Gasteiger partial charge >= 0.3 is 12.0 Å². The topological polar surface area (TPSA) is 89.9 Å². The Kier molecular flexibility index (Phi) is 4.12. The van der Waals surface area contributed by atoms with E-state index in [-0.39, 0.29) is 17.3 Å². The molecule has 0 atom stereocenters. The maximum absolute atomic E-state index is 12.1. The molecule has 20 heavy (non-hydrogen) atoms. The molecule has 0 unspecified atom stereocenters. The van der Waals surface area contributed by atoms with Gasteiger partial charge < -0.3 is 20.4 Å². The molecule has 1 aliphatic rings. The Morgan fingerprint density at radius 3 is 2.60 bits per heavy atom. The molecule has 6 heteroatoms. The largest absolute Gasteiger partial charge is 0.507 e. The average Bonchev–Trinajstić information content (AvgIpc) is 3.19. The number of hydrogen-bond acceptors (Lipinski definition) is 3. The normalized spacial score (nSPS) is 13.8. The molecular formula is C14H18N2O4. The molecule has 1 aliphatic carbocycles. The highest BCUT2D eigenvalue weighted by Gasteiger charge is 2.26. The van der Waals surface area contributed by atoms with Crippen LogP contribution in [0.1, 0.15) is 30.1 Å². The van der Waals surface area contributed by atoms with Crippen LogP contribution in [-0.2, 0) is 0 Å². The Labute approximate surface area is 117 Å². The predicted octanol–water partition coefficient (Wildman–Crippen LogP) is 2.35. The first-order valence-electron chi connectivity index (χ1n) is 6.63. The summed E-state index contributed by atoms with van der Waals surface area (Å²) in [6, 6.07) is 3.74. The molecule has 0 bridgehead atoms. The van der Waals surface area contributed by atoms with Crippen LogP contribution in [0.5, 0.6) is 5.75 Å². The van der Waals surface area contributed by atoms with Crippen LogP contribution in [0, 0.1) is 5.92 Å². The van der Waals surface area contributed by atoms with Crippen molar-refractivity contribution in [2.24, 2.45) is 5.92 Å². The number of carboxylic acids is 1. The number of phenols is 1. The molecule has 0 heterocycles. The first-order chi connectivity index (χ1) is 9.51. The third-order valence-corrected chi connectivity index (χ3v) is 3.32.